The van der Waals surface area contributed by atoms with Gasteiger partial charge in [-0.25, -0.2) is 0 Å². The molecule has 0 amide bonds. The van der Waals surface area contributed by atoms with E-state index in [9.17, 15) is 5.26 Å². The third-order valence-electron chi connectivity index (χ3n) is 4.02. The third kappa shape index (κ3) is 3.29. The molecule has 0 saturated carbocycles. The van der Waals surface area contributed by atoms with Crippen LogP contribution in [0.3, 0.4) is 0 Å². The van der Waals surface area contributed by atoms with Gasteiger partial charge in [0.15, 0.2) is 0 Å². The van der Waals surface area contributed by atoms with Crippen molar-refractivity contribution in [2.24, 2.45) is 5.92 Å². The van der Waals surface area contributed by atoms with E-state index in [1.54, 1.807) is 0 Å². The maximum atomic E-state index is 9.41. The topological polar surface area (TPSA) is 52.0 Å². The first-order chi connectivity index (χ1) is 9.65. The molecule has 1 aliphatic heterocycles. The number of aromatic nitrogens is 1. The van der Waals surface area contributed by atoms with Crippen LogP contribution in [0.15, 0.2) is 6.07 Å². The molecule has 1 fully saturated rings. The molecule has 20 heavy (non-hydrogen) atoms. The molecule has 1 aromatic rings. The van der Waals surface area contributed by atoms with E-state index < -0.39 is 0 Å². The van der Waals surface area contributed by atoms with Crippen molar-refractivity contribution in [3.05, 3.63) is 23.0 Å². The van der Waals surface area contributed by atoms with E-state index in [2.05, 4.69) is 28.2 Å². The Labute approximate surface area is 121 Å². The number of rotatable bonds is 4. The minimum Gasteiger partial charge on any atom is -0.370 e. The second-order valence-electron chi connectivity index (χ2n) is 5.61. The van der Waals surface area contributed by atoms with Crippen molar-refractivity contribution in [1.82, 2.24) is 10.3 Å². The highest BCUT2D eigenvalue weighted by molar-refractivity contribution is 5.61. The summed E-state index contributed by atoms with van der Waals surface area (Å²) in [4.78, 5) is 6.74. The normalized spacial score (nSPS) is 18.6. The van der Waals surface area contributed by atoms with Crippen LogP contribution in [0.25, 0.3) is 0 Å². The van der Waals surface area contributed by atoms with E-state index >= 15 is 0 Å². The Morgan fingerprint density at radius 2 is 2.30 bits per heavy atom. The first kappa shape index (κ1) is 14.8. The molecule has 0 aliphatic carbocycles. The van der Waals surface area contributed by atoms with E-state index in [1.807, 2.05) is 19.9 Å². The number of nitriles is 1. The van der Waals surface area contributed by atoms with Crippen molar-refractivity contribution in [3.63, 3.8) is 0 Å². The summed E-state index contributed by atoms with van der Waals surface area (Å²) < 4.78 is 0. The lowest BCUT2D eigenvalue weighted by Gasteiger charge is -2.31. The van der Waals surface area contributed by atoms with Gasteiger partial charge >= 0.3 is 0 Å². The van der Waals surface area contributed by atoms with E-state index in [4.69, 9.17) is 0 Å². The van der Waals surface area contributed by atoms with Gasteiger partial charge in [0.2, 0.25) is 0 Å². The fourth-order valence-corrected chi connectivity index (χ4v) is 2.98. The molecule has 4 heteroatoms. The fourth-order valence-electron chi connectivity index (χ4n) is 2.98. The van der Waals surface area contributed by atoms with E-state index in [0.717, 1.165) is 48.8 Å². The predicted octanol–water partition coefficient (Wildman–Crippen LogP) is 2.40. The molecule has 1 aromatic heterocycles. The lowest BCUT2D eigenvalue weighted by molar-refractivity contribution is 0.378. The maximum Gasteiger partial charge on any atom is 0.103 e. The quantitative estimate of drug-likeness (QED) is 0.914. The smallest absolute Gasteiger partial charge is 0.103 e. The van der Waals surface area contributed by atoms with Gasteiger partial charge in [0, 0.05) is 18.8 Å². The minimum absolute atomic E-state index is 0.670. The first-order valence-electron chi connectivity index (χ1n) is 7.49. The zero-order valence-electron chi connectivity index (χ0n) is 12.7. The number of hydrogen-bond donors (Lipinski definition) is 1. The van der Waals surface area contributed by atoms with Crippen LogP contribution in [0.4, 0.5) is 5.69 Å². The zero-order valence-corrected chi connectivity index (χ0v) is 12.7. The molecule has 4 nitrogen and oxygen atoms in total. The minimum atomic E-state index is 0.670. The predicted molar refractivity (Wildman–Crippen MR) is 81.9 cm³/mol. The first-order valence-corrected chi connectivity index (χ1v) is 7.49. The van der Waals surface area contributed by atoms with Crippen LogP contribution in [0.2, 0.25) is 0 Å². The number of nitrogens with one attached hydrogen (secondary N) is 1. The van der Waals surface area contributed by atoms with Gasteiger partial charge in [0.05, 0.1) is 16.9 Å². The van der Waals surface area contributed by atoms with E-state index in [0.29, 0.717) is 5.92 Å². The zero-order chi connectivity index (χ0) is 14.5. The molecular formula is C16H24N4. The largest absolute Gasteiger partial charge is 0.370 e. The number of nitrogens with zero attached hydrogens (tertiary/aromatic N) is 3. The third-order valence-corrected chi connectivity index (χ3v) is 4.02. The average Bonchev–Trinajstić information content (AvgIpc) is 2.45. The molecule has 108 valence electrons. The number of pyridine rings is 1. The van der Waals surface area contributed by atoms with Crippen molar-refractivity contribution >= 4 is 5.69 Å². The number of hydrogen-bond acceptors (Lipinski definition) is 4. The summed E-state index contributed by atoms with van der Waals surface area (Å²) >= 11 is 0. The van der Waals surface area contributed by atoms with Crippen LogP contribution in [-0.4, -0.2) is 31.2 Å². The SMILES string of the molecule is CCN(CC1CCCNC1)c1cc(C)nc(C)c1C#N. The van der Waals surface area contributed by atoms with Gasteiger partial charge in [-0.1, -0.05) is 0 Å². The Bertz CT molecular complexity index is 498. The summed E-state index contributed by atoms with van der Waals surface area (Å²) in [5.41, 5.74) is 3.59. The molecule has 1 saturated heterocycles. The van der Waals surface area contributed by atoms with Gasteiger partial charge < -0.3 is 10.2 Å². The van der Waals surface area contributed by atoms with Gasteiger partial charge in [0.25, 0.3) is 0 Å². The number of piperidine rings is 1. The van der Waals surface area contributed by atoms with Crippen molar-refractivity contribution in [1.29, 1.82) is 5.26 Å². The average molecular weight is 272 g/mol. The molecule has 1 aliphatic rings. The van der Waals surface area contributed by atoms with Gasteiger partial charge in [-0.2, -0.15) is 5.26 Å². The second-order valence-corrected chi connectivity index (χ2v) is 5.61. The highest BCUT2D eigenvalue weighted by Gasteiger charge is 2.19. The lowest BCUT2D eigenvalue weighted by Crippen LogP contribution is -2.38. The molecule has 1 unspecified atom stereocenters. The Kier molecular flexibility index (Phi) is 4.97. The maximum absolute atomic E-state index is 9.41. The van der Waals surface area contributed by atoms with E-state index in [-0.39, 0.29) is 0 Å². The molecule has 0 aromatic carbocycles. The standard InChI is InChI=1S/C16H24N4/c1-4-20(11-14-6-5-7-18-10-14)16-8-12(2)19-13(3)15(16)9-17/h8,14,18H,4-7,10-11H2,1-3H3. The summed E-state index contributed by atoms with van der Waals surface area (Å²) in [6.45, 7) is 10.2. The molecule has 2 heterocycles. The Hall–Kier alpha value is -1.60. The van der Waals surface area contributed by atoms with Crippen molar-refractivity contribution in [2.75, 3.05) is 31.1 Å². The number of anilines is 1. The molecular weight excluding hydrogens is 248 g/mol. The van der Waals surface area contributed by atoms with Gasteiger partial charge in [-0.3, -0.25) is 4.98 Å². The van der Waals surface area contributed by atoms with Crippen LogP contribution in [0.5, 0.6) is 0 Å². The molecule has 1 N–H and O–H groups in total. The highest BCUT2D eigenvalue weighted by atomic mass is 15.1. The van der Waals surface area contributed by atoms with Crippen molar-refractivity contribution in [2.45, 2.75) is 33.6 Å². The van der Waals surface area contributed by atoms with Crippen molar-refractivity contribution < 1.29 is 0 Å². The summed E-state index contributed by atoms with van der Waals surface area (Å²) in [6.07, 6.45) is 2.52. The molecule has 1 atom stereocenters. The summed E-state index contributed by atoms with van der Waals surface area (Å²) in [5, 5.41) is 12.9. The Balaban J connectivity index is 2.24. The van der Waals surface area contributed by atoms with Crippen LogP contribution in [0.1, 0.15) is 36.7 Å². The van der Waals surface area contributed by atoms with Crippen LogP contribution in [0, 0.1) is 31.1 Å². The van der Waals surface area contributed by atoms with Gasteiger partial charge in [0.1, 0.15) is 6.07 Å². The van der Waals surface area contributed by atoms with Crippen LogP contribution < -0.4 is 10.2 Å². The Morgan fingerprint density at radius 1 is 1.50 bits per heavy atom. The fraction of sp³-hybridized carbons (Fsp3) is 0.625. The number of aryl methyl sites for hydroxylation is 2. The summed E-state index contributed by atoms with van der Waals surface area (Å²) in [5.74, 6) is 0.670. The molecule has 0 spiro atoms. The van der Waals surface area contributed by atoms with Gasteiger partial charge in [-0.15, -0.1) is 0 Å². The highest BCUT2D eigenvalue weighted by Crippen LogP contribution is 2.25. The van der Waals surface area contributed by atoms with Crippen LogP contribution in [-0.2, 0) is 0 Å². The molecule has 0 bridgehead atoms. The summed E-state index contributed by atoms with van der Waals surface area (Å²) in [6, 6.07) is 4.37. The van der Waals surface area contributed by atoms with Gasteiger partial charge in [-0.05, 0) is 58.7 Å². The molecule has 2 rings (SSSR count). The van der Waals surface area contributed by atoms with E-state index in [1.165, 1.54) is 12.8 Å². The second kappa shape index (κ2) is 6.71. The summed E-state index contributed by atoms with van der Waals surface area (Å²) in [7, 11) is 0. The van der Waals surface area contributed by atoms with Crippen molar-refractivity contribution in [3.8, 4) is 6.07 Å². The van der Waals surface area contributed by atoms with Crippen LogP contribution >= 0.6 is 0 Å². The monoisotopic (exact) mass is 272 g/mol. The lowest BCUT2D eigenvalue weighted by atomic mass is 9.98. The Morgan fingerprint density at radius 3 is 2.90 bits per heavy atom. The molecule has 0 radical (unpaired) electrons.